The quantitative estimate of drug-likeness (QED) is 0.638. The Labute approximate surface area is 118 Å². The van der Waals surface area contributed by atoms with Gasteiger partial charge in [-0.2, -0.15) is 18.3 Å². The third-order valence-corrected chi connectivity index (χ3v) is 2.87. The van der Waals surface area contributed by atoms with Gasteiger partial charge in [-0.15, -0.1) is 0 Å². The summed E-state index contributed by atoms with van der Waals surface area (Å²) in [6.07, 6.45) is -3.06. The second-order valence-corrected chi connectivity index (χ2v) is 4.34. The minimum Gasteiger partial charge on any atom is -0.278 e. The molecule has 0 aliphatic carbocycles. The molecule has 2 rings (SSSR count). The van der Waals surface area contributed by atoms with Gasteiger partial charge in [0.25, 0.3) is 0 Å². The van der Waals surface area contributed by atoms with Crippen LogP contribution < -0.4 is 5.43 Å². The molecular weight excluding hydrogens is 289 g/mol. The van der Waals surface area contributed by atoms with Gasteiger partial charge >= 0.3 is 6.18 Å². The summed E-state index contributed by atoms with van der Waals surface area (Å²) >= 11 is 5.91. The lowest BCUT2D eigenvalue weighted by atomic mass is 10.2. The molecule has 20 heavy (non-hydrogen) atoms. The fraction of sp³-hybridized carbons (Fsp3) is 0.0714. The lowest BCUT2D eigenvalue weighted by Crippen LogP contribution is -2.08. The van der Waals surface area contributed by atoms with Gasteiger partial charge in [-0.05, 0) is 18.2 Å². The second-order valence-electron chi connectivity index (χ2n) is 3.93. The van der Waals surface area contributed by atoms with Crippen molar-refractivity contribution in [3.8, 4) is 0 Å². The summed E-state index contributed by atoms with van der Waals surface area (Å²) < 4.78 is 38.2. The Kier molecular flexibility index (Phi) is 4.29. The monoisotopic (exact) mass is 298 g/mol. The first-order valence-corrected chi connectivity index (χ1v) is 6.06. The second kappa shape index (κ2) is 5.96. The lowest BCUT2D eigenvalue weighted by molar-refractivity contribution is -0.136. The zero-order chi connectivity index (χ0) is 14.6. The van der Waals surface area contributed by atoms with Crippen LogP contribution in [0.3, 0.4) is 0 Å². The zero-order valence-electron chi connectivity index (χ0n) is 10.2. The molecule has 0 radical (unpaired) electrons. The zero-order valence-corrected chi connectivity index (χ0v) is 10.9. The van der Waals surface area contributed by atoms with Crippen molar-refractivity contribution in [3.63, 3.8) is 0 Å². The van der Waals surface area contributed by atoms with Crippen LogP contribution in [0.25, 0.3) is 0 Å². The maximum Gasteiger partial charge on any atom is 0.418 e. The van der Waals surface area contributed by atoms with Crippen LogP contribution in [0.1, 0.15) is 11.1 Å². The molecule has 0 unspecified atom stereocenters. The van der Waals surface area contributed by atoms with Gasteiger partial charge in [0.15, 0.2) is 0 Å². The van der Waals surface area contributed by atoms with Crippen LogP contribution in [-0.4, -0.2) is 6.21 Å². The van der Waals surface area contributed by atoms with Gasteiger partial charge in [0, 0.05) is 10.6 Å². The van der Waals surface area contributed by atoms with E-state index in [9.17, 15) is 13.2 Å². The summed E-state index contributed by atoms with van der Waals surface area (Å²) in [6, 6.07) is 12.0. The summed E-state index contributed by atoms with van der Waals surface area (Å²) in [7, 11) is 0. The molecule has 0 bridgehead atoms. The third kappa shape index (κ3) is 3.51. The Morgan fingerprint density at radius 1 is 1.00 bits per heavy atom. The number of hydrogen-bond acceptors (Lipinski definition) is 2. The van der Waals surface area contributed by atoms with E-state index in [-0.39, 0.29) is 5.69 Å². The number of anilines is 1. The fourth-order valence-electron chi connectivity index (χ4n) is 1.58. The highest BCUT2D eigenvalue weighted by atomic mass is 35.5. The molecule has 1 N–H and O–H groups in total. The van der Waals surface area contributed by atoms with E-state index in [1.54, 1.807) is 24.3 Å². The third-order valence-electron chi connectivity index (χ3n) is 2.53. The van der Waals surface area contributed by atoms with Crippen molar-refractivity contribution in [2.24, 2.45) is 5.10 Å². The van der Waals surface area contributed by atoms with Crippen LogP contribution >= 0.6 is 11.6 Å². The predicted molar refractivity (Wildman–Crippen MR) is 74.1 cm³/mol. The number of benzene rings is 2. The molecule has 0 fully saturated rings. The van der Waals surface area contributed by atoms with Crippen molar-refractivity contribution >= 4 is 23.5 Å². The molecule has 0 heterocycles. The first kappa shape index (κ1) is 14.4. The van der Waals surface area contributed by atoms with Crippen LogP contribution in [-0.2, 0) is 6.18 Å². The van der Waals surface area contributed by atoms with E-state index >= 15 is 0 Å². The minimum atomic E-state index is -4.43. The highest BCUT2D eigenvalue weighted by molar-refractivity contribution is 6.33. The Morgan fingerprint density at radius 3 is 2.35 bits per heavy atom. The molecule has 6 heteroatoms. The van der Waals surface area contributed by atoms with Crippen molar-refractivity contribution in [1.82, 2.24) is 0 Å². The maximum absolute atomic E-state index is 12.7. The predicted octanol–water partition coefficient (Wildman–Crippen LogP) is 4.80. The van der Waals surface area contributed by atoms with Crippen LogP contribution in [0, 0.1) is 0 Å². The number of hydrazone groups is 1. The van der Waals surface area contributed by atoms with E-state index in [1.165, 1.54) is 24.4 Å². The van der Waals surface area contributed by atoms with Crippen molar-refractivity contribution in [3.05, 3.63) is 64.7 Å². The molecule has 0 spiro atoms. The van der Waals surface area contributed by atoms with Gasteiger partial charge < -0.3 is 0 Å². The number of hydrogen-bond donors (Lipinski definition) is 1. The molecule has 0 atom stereocenters. The van der Waals surface area contributed by atoms with Crippen molar-refractivity contribution in [2.45, 2.75) is 6.18 Å². The van der Waals surface area contributed by atoms with E-state index in [1.807, 2.05) is 0 Å². The maximum atomic E-state index is 12.7. The summed E-state index contributed by atoms with van der Waals surface area (Å²) in [5.74, 6) is 0. The Morgan fingerprint density at radius 2 is 1.65 bits per heavy atom. The van der Waals surface area contributed by atoms with Gasteiger partial charge in [0.1, 0.15) is 0 Å². The van der Waals surface area contributed by atoms with Gasteiger partial charge in [0.05, 0.1) is 17.5 Å². The Hall–Kier alpha value is -2.01. The molecule has 2 nitrogen and oxygen atoms in total. The number of para-hydroxylation sites is 1. The van der Waals surface area contributed by atoms with E-state index < -0.39 is 11.7 Å². The number of nitrogens with one attached hydrogen (secondary N) is 1. The fourth-order valence-corrected chi connectivity index (χ4v) is 1.76. The molecule has 104 valence electrons. The van der Waals surface area contributed by atoms with E-state index in [0.717, 1.165) is 6.07 Å². The largest absolute Gasteiger partial charge is 0.418 e. The molecule has 0 aromatic heterocycles. The minimum absolute atomic E-state index is 0.108. The average molecular weight is 299 g/mol. The van der Waals surface area contributed by atoms with Crippen LogP contribution in [0.15, 0.2) is 53.6 Å². The highest BCUT2D eigenvalue weighted by Gasteiger charge is 2.33. The number of rotatable bonds is 3. The average Bonchev–Trinajstić information content (AvgIpc) is 2.40. The standard InChI is InChI=1S/C14H10ClF3N2/c15-12-7-3-1-5-10(12)9-19-20-13-8-4-2-6-11(13)14(16,17)18/h1-9,20H. The van der Waals surface area contributed by atoms with Gasteiger partial charge in [0.2, 0.25) is 0 Å². The summed E-state index contributed by atoms with van der Waals surface area (Å²) in [5, 5.41) is 4.26. The van der Waals surface area contributed by atoms with Gasteiger partial charge in [-0.3, -0.25) is 5.43 Å². The van der Waals surface area contributed by atoms with E-state index in [0.29, 0.717) is 10.6 Å². The first-order chi connectivity index (χ1) is 9.48. The number of nitrogens with zero attached hydrogens (tertiary/aromatic N) is 1. The molecule has 2 aromatic rings. The van der Waals surface area contributed by atoms with Gasteiger partial charge in [-0.25, -0.2) is 0 Å². The lowest BCUT2D eigenvalue weighted by Gasteiger charge is -2.11. The van der Waals surface area contributed by atoms with Crippen LogP contribution in [0.2, 0.25) is 5.02 Å². The Balaban J connectivity index is 2.18. The first-order valence-electron chi connectivity index (χ1n) is 5.68. The van der Waals surface area contributed by atoms with Gasteiger partial charge in [-0.1, -0.05) is 41.9 Å². The molecule has 2 aromatic carbocycles. The Bertz CT molecular complexity index is 624. The molecule has 0 amide bonds. The summed E-state index contributed by atoms with van der Waals surface area (Å²) in [5.41, 5.74) is 2.13. The van der Waals surface area contributed by atoms with E-state index in [2.05, 4.69) is 10.5 Å². The molecule has 0 aliphatic rings. The normalized spacial score (nSPS) is 11.8. The van der Waals surface area contributed by atoms with Crippen molar-refractivity contribution in [1.29, 1.82) is 0 Å². The van der Waals surface area contributed by atoms with Crippen molar-refractivity contribution < 1.29 is 13.2 Å². The van der Waals surface area contributed by atoms with Crippen LogP contribution in [0.5, 0.6) is 0 Å². The number of halogens is 4. The highest BCUT2D eigenvalue weighted by Crippen LogP contribution is 2.34. The topological polar surface area (TPSA) is 24.4 Å². The molecule has 0 saturated heterocycles. The molecule has 0 saturated carbocycles. The summed E-state index contributed by atoms with van der Waals surface area (Å²) in [6.45, 7) is 0. The SMILES string of the molecule is FC(F)(F)c1ccccc1NN=Cc1ccccc1Cl. The number of alkyl halides is 3. The van der Waals surface area contributed by atoms with Crippen LogP contribution in [0.4, 0.5) is 18.9 Å². The molecular formula is C14H10ClF3N2. The van der Waals surface area contributed by atoms with Crippen molar-refractivity contribution in [2.75, 3.05) is 5.43 Å². The molecule has 0 aliphatic heterocycles. The summed E-state index contributed by atoms with van der Waals surface area (Å²) in [4.78, 5) is 0. The smallest absolute Gasteiger partial charge is 0.278 e. The van der Waals surface area contributed by atoms with E-state index in [4.69, 9.17) is 11.6 Å².